The van der Waals surface area contributed by atoms with E-state index >= 15 is 0 Å². The largest absolute Gasteiger partial charge is 0.493 e. The lowest BCUT2D eigenvalue weighted by Gasteiger charge is -2.38. The molecule has 4 aromatic carbocycles. The lowest BCUT2D eigenvalue weighted by Crippen LogP contribution is -2.47. The lowest BCUT2D eigenvalue weighted by molar-refractivity contribution is 0.0979. The molecule has 1 aliphatic heterocycles. The van der Waals surface area contributed by atoms with E-state index in [2.05, 4.69) is 57.6 Å². The number of halogens is 1. The van der Waals surface area contributed by atoms with Gasteiger partial charge in [0, 0.05) is 72.9 Å². The van der Waals surface area contributed by atoms with Crippen molar-refractivity contribution < 1.29 is 31.1 Å². The molecule has 0 unspecified atom stereocenters. The second-order valence-corrected chi connectivity index (χ2v) is 20.3. The molecule has 1 fully saturated rings. The number of piperazine rings is 1. The zero-order valence-corrected chi connectivity index (χ0v) is 36.0. The van der Waals surface area contributed by atoms with Crippen LogP contribution >= 0.6 is 11.6 Å². The summed E-state index contributed by atoms with van der Waals surface area (Å²) < 4.78 is 64.5. The van der Waals surface area contributed by atoms with Crippen LogP contribution in [0.2, 0.25) is 5.02 Å². The summed E-state index contributed by atoms with van der Waals surface area (Å²) in [6, 6.07) is 25.0. The predicted octanol–water partition coefficient (Wildman–Crippen LogP) is 8.42. The van der Waals surface area contributed by atoms with E-state index in [-0.39, 0.29) is 34.0 Å². The average Bonchev–Trinajstić information content (AvgIpc) is 3.68. The third kappa shape index (κ3) is 10.4. The quantitative estimate of drug-likeness (QED) is 0.106. The maximum absolute atomic E-state index is 13.9. The molecule has 2 N–H and O–H groups in total. The maximum Gasteiger partial charge on any atom is 0.268 e. The number of sulfonamides is 1. The zero-order chi connectivity index (χ0) is 42.0. The molecule has 1 amide bonds. The Morgan fingerprint density at radius 1 is 0.898 bits per heavy atom. The van der Waals surface area contributed by atoms with Crippen molar-refractivity contribution in [3.05, 3.63) is 131 Å². The van der Waals surface area contributed by atoms with Crippen molar-refractivity contribution in [2.24, 2.45) is 5.41 Å². The molecule has 2 aliphatic rings. The Labute approximate surface area is 351 Å². The van der Waals surface area contributed by atoms with E-state index in [1.807, 2.05) is 36.4 Å². The monoisotopic (exact) mass is 856 g/mol. The number of hydrogen-bond donors (Lipinski definition) is 2. The number of aromatic nitrogens is 1. The topological polar surface area (TPSA) is 138 Å². The van der Waals surface area contributed by atoms with Crippen LogP contribution in [0.3, 0.4) is 0 Å². The number of carbonyl (C=O) groups excluding carboxylic acids is 1. The Morgan fingerprint density at radius 3 is 2.39 bits per heavy atom. The van der Waals surface area contributed by atoms with E-state index in [1.165, 1.54) is 29.3 Å². The molecule has 14 heteroatoms. The second-order valence-electron chi connectivity index (χ2n) is 15.9. The molecule has 59 heavy (non-hydrogen) atoms. The molecular formula is C45H49ClN4O7S2. The van der Waals surface area contributed by atoms with Gasteiger partial charge in [-0.05, 0) is 108 Å². The molecule has 0 bridgehead atoms. The van der Waals surface area contributed by atoms with Gasteiger partial charge in [-0.3, -0.25) is 9.69 Å². The summed E-state index contributed by atoms with van der Waals surface area (Å²) in [4.78, 5) is 21.7. The Kier molecular flexibility index (Phi) is 12.3. The smallest absolute Gasteiger partial charge is 0.268 e. The molecule has 0 saturated carbocycles. The minimum absolute atomic E-state index is 0.0171. The number of fused-ring (bicyclic) bond motifs is 1. The van der Waals surface area contributed by atoms with Crippen LogP contribution in [0.25, 0.3) is 16.5 Å². The van der Waals surface area contributed by atoms with Crippen LogP contribution in [0.4, 0.5) is 5.69 Å². The molecule has 0 atom stereocenters. The molecular weight excluding hydrogens is 808 g/mol. The number of aryl methyl sites for hydroxylation is 1. The van der Waals surface area contributed by atoms with E-state index < -0.39 is 25.8 Å². The fourth-order valence-electron chi connectivity index (χ4n) is 7.43. The Bertz CT molecular complexity index is 2650. The first-order chi connectivity index (χ1) is 28.0. The number of sulfone groups is 1. The van der Waals surface area contributed by atoms with Crippen molar-refractivity contribution in [3.63, 3.8) is 0 Å². The fourth-order valence-corrected chi connectivity index (χ4v) is 9.24. The van der Waals surface area contributed by atoms with Gasteiger partial charge in [0.25, 0.3) is 15.9 Å². The van der Waals surface area contributed by atoms with Crippen molar-refractivity contribution in [1.29, 1.82) is 0 Å². The fraction of sp³-hybridized carbons (Fsp3) is 0.311. The van der Waals surface area contributed by atoms with E-state index in [0.29, 0.717) is 28.5 Å². The van der Waals surface area contributed by atoms with Gasteiger partial charge in [-0.1, -0.05) is 55.8 Å². The number of ether oxygens (including phenoxy) is 2. The van der Waals surface area contributed by atoms with Gasteiger partial charge in [0.15, 0.2) is 0 Å². The van der Waals surface area contributed by atoms with Crippen molar-refractivity contribution in [2.75, 3.05) is 56.2 Å². The van der Waals surface area contributed by atoms with Gasteiger partial charge in [0.05, 0.1) is 22.8 Å². The Balaban J connectivity index is 1.08. The van der Waals surface area contributed by atoms with Crippen LogP contribution in [-0.2, 0) is 19.9 Å². The van der Waals surface area contributed by atoms with Crippen LogP contribution in [-0.4, -0.2) is 84.0 Å². The number of aromatic amines is 1. The number of nitrogens with one attached hydrogen (secondary N) is 2. The number of carbonyl (C=O) groups is 1. The molecule has 310 valence electrons. The lowest BCUT2D eigenvalue weighted by atomic mass is 9.78. The van der Waals surface area contributed by atoms with Crippen LogP contribution in [0.5, 0.6) is 17.2 Å². The second kappa shape index (κ2) is 17.3. The molecule has 1 aromatic heterocycles. The number of rotatable bonds is 14. The summed E-state index contributed by atoms with van der Waals surface area (Å²) in [5, 5.41) is 1.53. The highest BCUT2D eigenvalue weighted by Gasteiger charge is 2.27. The summed E-state index contributed by atoms with van der Waals surface area (Å²) in [7, 11) is -7.44. The van der Waals surface area contributed by atoms with Crippen molar-refractivity contribution >= 4 is 59.5 Å². The summed E-state index contributed by atoms with van der Waals surface area (Å²) >= 11 is 6.22. The first-order valence-corrected chi connectivity index (χ1v) is 23.5. The molecule has 7 rings (SSSR count). The van der Waals surface area contributed by atoms with Crippen molar-refractivity contribution in [2.45, 2.75) is 38.5 Å². The number of nitrogens with zero attached hydrogens (tertiary/aromatic N) is 2. The molecule has 0 spiro atoms. The summed E-state index contributed by atoms with van der Waals surface area (Å²) in [5.74, 6) is 0.290. The minimum atomic E-state index is -4.31. The van der Waals surface area contributed by atoms with Gasteiger partial charge >= 0.3 is 0 Å². The third-order valence-corrected chi connectivity index (χ3v) is 13.2. The molecule has 1 saturated heterocycles. The number of benzene rings is 4. The zero-order valence-electron chi connectivity index (χ0n) is 33.6. The Morgan fingerprint density at radius 2 is 1.66 bits per heavy atom. The van der Waals surface area contributed by atoms with Gasteiger partial charge in [0.1, 0.15) is 27.1 Å². The highest BCUT2D eigenvalue weighted by Crippen LogP contribution is 2.39. The van der Waals surface area contributed by atoms with Crippen molar-refractivity contribution in [1.82, 2.24) is 14.6 Å². The SMILES string of the molecule is Cc1cc(S(=O)(=O)NC(=O)c2ccc(N3CCN(CC4=CCC(C)(C)C=C4c4ccc(Cl)cc4)CC3)cc2Oc2cccc3[nH]ccc23)ccc1OCCCS(C)(=O)=O. The molecule has 11 nitrogen and oxygen atoms in total. The highest BCUT2D eigenvalue weighted by molar-refractivity contribution is 7.90. The number of H-pyrrole nitrogens is 1. The maximum atomic E-state index is 13.9. The molecule has 0 radical (unpaired) electrons. The predicted molar refractivity (Wildman–Crippen MR) is 235 cm³/mol. The summed E-state index contributed by atoms with van der Waals surface area (Å²) in [5.41, 5.74) is 6.05. The van der Waals surface area contributed by atoms with Gasteiger partial charge in [-0.2, -0.15) is 0 Å². The van der Waals surface area contributed by atoms with E-state index in [9.17, 15) is 21.6 Å². The summed E-state index contributed by atoms with van der Waals surface area (Å²) in [6.07, 6.45) is 8.98. The number of amides is 1. The van der Waals surface area contributed by atoms with Gasteiger partial charge in [0.2, 0.25) is 0 Å². The van der Waals surface area contributed by atoms with Crippen molar-refractivity contribution in [3.8, 4) is 17.2 Å². The van der Waals surface area contributed by atoms with Crippen LogP contribution in [0.15, 0.2) is 114 Å². The number of hydrogen-bond acceptors (Lipinski definition) is 9. The van der Waals surface area contributed by atoms with Gasteiger partial charge in [-0.25, -0.2) is 21.6 Å². The minimum Gasteiger partial charge on any atom is -0.493 e. The first-order valence-electron chi connectivity index (χ1n) is 19.6. The van der Waals surface area contributed by atoms with Gasteiger partial charge in [-0.15, -0.1) is 0 Å². The highest BCUT2D eigenvalue weighted by atomic mass is 35.5. The van der Waals surface area contributed by atoms with Crippen LogP contribution < -0.4 is 19.1 Å². The first kappa shape index (κ1) is 42.1. The van der Waals surface area contributed by atoms with E-state index in [1.54, 1.807) is 31.3 Å². The standard InChI is InChI=1S/C45H49ClN4O7S2/c1-31-27-36(14-16-41(31)56-25-6-26-58(4,52)53)59(54,55)48-44(51)38-15-13-35(28-43(38)57-42-8-5-7-40-37(42)18-20-47-40)50-23-21-49(22-24-50)30-33-17-19-45(2,3)29-39(33)32-9-11-34(46)12-10-32/h5,7-18,20,27-29,47H,6,19,21-26,30H2,1-4H3,(H,48,51). The Hall–Kier alpha value is -5.08. The van der Waals surface area contributed by atoms with Gasteiger partial charge < -0.3 is 19.4 Å². The number of allylic oxidation sites excluding steroid dienone is 2. The van der Waals surface area contributed by atoms with Crippen LogP contribution in [0, 0.1) is 12.3 Å². The molecule has 2 heterocycles. The summed E-state index contributed by atoms with van der Waals surface area (Å²) in [6.45, 7) is 10.3. The normalized spacial score (nSPS) is 16.1. The van der Waals surface area contributed by atoms with E-state index in [0.717, 1.165) is 67.6 Å². The van der Waals surface area contributed by atoms with E-state index in [4.69, 9.17) is 21.1 Å². The average molecular weight is 857 g/mol. The third-order valence-electron chi connectivity index (χ3n) is 10.6. The molecule has 1 aliphatic carbocycles. The van der Waals surface area contributed by atoms with Crippen LogP contribution in [0.1, 0.15) is 48.2 Å². The molecule has 5 aromatic rings. The number of anilines is 1.